The normalized spacial score (nSPS) is 34.7. The molecule has 2 aromatic rings. The van der Waals surface area contributed by atoms with Crippen LogP contribution in [-0.2, 0) is 16.0 Å². The maximum absolute atomic E-state index is 12.4. The number of fused-ring (bicyclic) bond motifs is 6. The van der Waals surface area contributed by atoms with Gasteiger partial charge in [0, 0.05) is 29.7 Å². The van der Waals surface area contributed by atoms with Crippen LogP contribution >= 0.6 is 0 Å². The Morgan fingerprint density at radius 1 is 1.30 bits per heavy atom. The number of methoxy groups -OCH3 is 1. The number of aromatic nitrogens is 1. The molecular weight excluding hydrogens is 364 g/mol. The first kappa shape index (κ1) is 18.8. The number of halogens is 1. The van der Waals surface area contributed by atoms with Gasteiger partial charge < -0.3 is 32.1 Å². The quantitative estimate of drug-likeness (QED) is 0.505. The first-order chi connectivity index (χ1) is 12.7. The highest BCUT2D eigenvalue weighted by Gasteiger charge is 2.51. The summed E-state index contributed by atoms with van der Waals surface area (Å²) in [4.78, 5) is 17.7. The van der Waals surface area contributed by atoms with Gasteiger partial charge in [0.15, 0.2) is 0 Å². The monoisotopic (exact) mass is 390 g/mol. The number of hydrogen-bond acceptors (Lipinski definition) is 3. The number of benzene rings is 1. The van der Waals surface area contributed by atoms with Gasteiger partial charge in [-0.25, -0.2) is 0 Å². The third kappa shape index (κ3) is 2.87. The topological polar surface area (TPSA) is 66.8 Å². The van der Waals surface area contributed by atoms with Crippen molar-refractivity contribution >= 4 is 16.9 Å². The van der Waals surface area contributed by atoms with Crippen molar-refractivity contribution < 1.29 is 31.9 Å². The molecule has 0 radical (unpaired) electrons. The molecule has 27 heavy (non-hydrogen) atoms. The van der Waals surface area contributed by atoms with Crippen LogP contribution < -0.4 is 17.3 Å². The molecule has 3 aliphatic rings. The van der Waals surface area contributed by atoms with E-state index in [1.807, 2.05) is 0 Å². The lowest BCUT2D eigenvalue weighted by atomic mass is 9.65. The average Bonchev–Trinajstić information content (AvgIpc) is 3.05. The number of aromatic amines is 1. The summed E-state index contributed by atoms with van der Waals surface area (Å²) in [5.41, 5.74) is 4.03. The summed E-state index contributed by atoms with van der Waals surface area (Å²) in [7, 11) is 1.44. The second kappa shape index (κ2) is 7.12. The maximum Gasteiger partial charge on any atom is 0.311 e. The molecule has 3 N–H and O–H groups in total. The van der Waals surface area contributed by atoms with Gasteiger partial charge in [-0.15, -0.1) is 0 Å². The van der Waals surface area contributed by atoms with Crippen molar-refractivity contribution in [1.82, 2.24) is 4.98 Å². The lowest BCUT2D eigenvalue weighted by Gasteiger charge is -2.48. The van der Waals surface area contributed by atoms with E-state index in [0.29, 0.717) is 12.0 Å². The minimum atomic E-state index is -0.559. The molecule has 6 unspecified atom stereocenters. The lowest BCUT2D eigenvalue weighted by Crippen LogP contribution is -3.15. The number of quaternary nitrogens is 1. The average molecular weight is 391 g/mol. The van der Waals surface area contributed by atoms with Gasteiger partial charge in [-0.1, -0.05) is 18.2 Å². The summed E-state index contributed by atoms with van der Waals surface area (Å²) in [6.07, 6.45) is 3.25. The Bertz CT molecular complexity index is 851. The molecule has 1 aromatic heterocycles. The smallest absolute Gasteiger partial charge is 0.311 e. The molecule has 1 saturated carbocycles. The van der Waals surface area contributed by atoms with E-state index < -0.39 is 6.10 Å². The van der Waals surface area contributed by atoms with Gasteiger partial charge in [0.2, 0.25) is 0 Å². The largest absolute Gasteiger partial charge is 1.00 e. The molecule has 5 rings (SSSR count). The van der Waals surface area contributed by atoms with Gasteiger partial charge >= 0.3 is 5.97 Å². The molecule has 146 valence electrons. The van der Waals surface area contributed by atoms with Crippen molar-refractivity contribution in [2.45, 2.75) is 37.8 Å². The second-order valence-electron chi connectivity index (χ2n) is 8.33. The molecular formula is C21H27ClN2O3. The zero-order valence-corrected chi connectivity index (χ0v) is 16.3. The summed E-state index contributed by atoms with van der Waals surface area (Å²) in [5, 5.41) is 11.8. The number of ether oxygens (including phenoxy) is 1. The number of aliphatic hydroxyl groups excluding tert-OH is 1. The van der Waals surface area contributed by atoms with E-state index >= 15 is 0 Å². The van der Waals surface area contributed by atoms with Crippen molar-refractivity contribution in [1.29, 1.82) is 0 Å². The molecule has 1 aliphatic carbocycles. The maximum atomic E-state index is 12.4. The Balaban J connectivity index is 0.00000180. The molecule has 6 atom stereocenters. The molecule has 0 amide bonds. The minimum Gasteiger partial charge on any atom is -1.00 e. The number of rotatable bonds is 1. The summed E-state index contributed by atoms with van der Waals surface area (Å²) >= 11 is 0. The van der Waals surface area contributed by atoms with Crippen molar-refractivity contribution in [3.05, 3.63) is 35.5 Å². The zero-order chi connectivity index (χ0) is 17.8. The first-order valence-electron chi connectivity index (χ1n) is 9.87. The van der Waals surface area contributed by atoms with E-state index in [1.54, 1.807) is 4.90 Å². The standard InChI is InChI=1S/C21H26N2O3.ClH/c1-26-21(25)19-15-10-17-20-14(13-4-2-3-5-16(13)22-20)8-9-23(17)11-12(15)6-7-18(19)24;/h2-5,12,15,17-19,22,24H,6-11H2,1H3;1H. The Morgan fingerprint density at radius 3 is 2.93 bits per heavy atom. The number of piperidine rings is 1. The van der Waals surface area contributed by atoms with Crippen molar-refractivity contribution in [2.75, 3.05) is 20.2 Å². The van der Waals surface area contributed by atoms with Crippen molar-refractivity contribution in [3.8, 4) is 0 Å². The first-order valence-corrected chi connectivity index (χ1v) is 9.87. The van der Waals surface area contributed by atoms with Gasteiger partial charge in [0.25, 0.3) is 0 Å². The summed E-state index contributed by atoms with van der Waals surface area (Å²) in [6.45, 7) is 2.26. The SMILES string of the molecule is COC(=O)C1C(O)CCC2C[NH+]3CCc4c([nH]c5ccccc45)C3CC21.[Cl-]. The fourth-order valence-electron chi connectivity index (χ4n) is 6.01. The number of H-pyrrole nitrogens is 1. The van der Waals surface area contributed by atoms with Crippen LogP contribution in [0.3, 0.4) is 0 Å². The van der Waals surface area contributed by atoms with Gasteiger partial charge in [0.05, 0.1) is 37.9 Å². The highest BCUT2D eigenvalue weighted by molar-refractivity contribution is 5.85. The molecule has 3 heterocycles. The van der Waals surface area contributed by atoms with Gasteiger partial charge in [-0.2, -0.15) is 0 Å². The van der Waals surface area contributed by atoms with Gasteiger partial charge in [-0.3, -0.25) is 4.79 Å². The van der Waals surface area contributed by atoms with Crippen molar-refractivity contribution in [2.24, 2.45) is 17.8 Å². The Morgan fingerprint density at radius 2 is 2.11 bits per heavy atom. The number of carbonyl (C=O) groups is 1. The third-order valence-electron chi connectivity index (χ3n) is 7.20. The van der Waals surface area contributed by atoms with E-state index in [1.165, 1.54) is 29.3 Å². The molecule has 0 spiro atoms. The third-order valence-corrected chi connectivity index (χ3v) is 7.20. The molecule has 2 fully saturated rings. The van der Waals surface area contributed by atoms with E-state index in [-0.39, 0.29) is 30.2 Å². The van der Waals surface area contributed by atoms with Crippen LogP contribution in [0.5, 0.6) is 0 Å². The van der Waals surface area contributed by atoms with Crippen LogP contribution in [0.1, 0.15) is 36.6 Å². The molecule has 1 saturated heterocycles. The summed E-state index contributed by atoms with van der Waals surface area (Å²) < 4.78 is 5.05. The number of nitrogens with one attached hydrogen (secondary N) is 2. The fraction of sp³-hybridized carbons (Fsp3) is 0.571. The number of aliphatic hydroxyl groups is 1. The number of hydrogen-bond donors (Lipinski definition) is 3. The minimum absolute atomic E-state index is 0. The predicted molar refractivity (Wildman–Crippen MR) is 97.8 cm³/mol. The summed E-state index contributed by atoms with van der Waals surface area (Å²) in [6, 6.07) is 8.95. The molecule has 1 aromatic carbocycles. The lowest BCUT2D eigenvalue weighted by molar-refractivity contribution is -0.945. The van der Waals surface area contributed by atoms with Gasteiger partial charge in [0.1, 0.15) is 6.04 Å². The highest BCUT2D eigenvalue weighted by Crippen LogP contribution is 2.43. The Hall–Kier alpha value is -1.56. The Labute approximate surface area is 165 Å². The van der Waals surface area contributed by atoms with E-state index in [2.05, 4.69) is 29.2 Å². The van der Waals surface area contributed by atoms with E-state index in [4.69, 9.17) is 4.74 Å². The highest BCUT2D eigenvalue weighted by atomic mass is 35.5. The Kier molecular flexibility index (Phi) is 4.95. The second-order valence-corrected chi connectivity index (χ2v) is 8.33. The van der Waals surface area contributed by atoms with Crippen LogP contribution in [0, 0.1) is 17.8 Å². The van der Waals surface area contributed by atoms with Crippen LogP contribution in [-0.4, -0.2) is 42.4 Å². The van der Waals surface area contributed by atoms with Crippen LogP contribution in [0.15, 0.2) is 24.3 Å². The number of carbonyl (C=O) groups excluding carboxylic acids is 1. The van der Waals surface area contributed by atoms with E-state index in [0.717, 1.165) is 38.8 Å². The molecule has 6 heteroatoms. The molecule has 5 nitrogen and oxygen atoms in total. The van der Waals surface area contributed by atoms with E-state index in [9.17, 15) is 9.90 Å². The fourth-order valence-corrected chi connectivity index (χ4v) is 6.01. The number of esters is 1. The summed E-state index contributed by atoms with van der Waals surface area (Å²) in [5.74, 6) is 0.135. The molecule has 0 bridgehead atoms. The van der Waals surface area contributed by atoms with Crippen LogP contribution in [0.25, 0.3) is 10.9 Å². The number of para-hydroxylation sites is 1. The zero-order valence-electron chi connectivity index (χ0n) is 15.6. The van der Waals surface area contributed by atoms with Crippen LogP contribution in [0.4, 0.5) is 0 Å². The van der Waals surface area contributed by atoms with Crippen LogP contribution in [0.2, 0.25) is 0 Å². The van der Waals surface area contributed by atoms with Crippen molar-refractivity contribution in [3.63, 3.8) is 0 Å². The molecule has 2 aliphatic heterocycles. The van der Waals surface area contributed by atoms with Gasteiger partial charge in [-0.05, 0) is 30.4 Å². The predicted octanol–water partition coefficient (Wildman–Crippen LogP) is -1.77.